The van der Waals surface area contributed by atoms with Gasteiger partial charge >= 0.3 is 6.18 Å². The smallest absolute Gasteiger partial charge is 0.423 e. The Balaban J connectivity index is 1.87. The van der Waals surface area contributed by atoms with Gasteiger partial charge in [-0.1, -0.05) is 19.6 Å². The summed E-state index contributed by atoms with van der Waals surface area (Å²) in [5, 5.41) is 13.7. The first-order valence-corrected chi connectivity index (χ1v) is 12.8. The number of hydrogen-bond acceptors (Lipinski definition) is 6. The molecule has 0 aliphatic carbocycles. The van der Waals surface area contributed by atoms with Gasteiger partial charge in [0.1, 0.15) is 12.3 Å². The summed E-state index contributed by atoms with van der Waals surface area (Å²) in [6, 6.07) is 2.46. The van der Waals surface area contributed by atoms with Crippen LogP contribution in [0.5, 0.6) is 5.88 Å². The fourth-order valence-electron chi connectivity index (χ4n) is 3.07. The standard InChI is InChI=1S/C18H23F3N4O3Si/c1-29(2,3)7-6-28-11-25-17(27)15(18(19,20)21)14(8-23-25)24-9-12-4-5-22-16(26)13(12)10-24/h4-5,8H,6-7,9-11H2,1-3H3,(H,22,26). The van der Waals surface area contributed by atoms with E-state index in [1.165, 1.54) is 11.1 Å². The van der Waals surface area contributed by atoms with E-state index in [9.17, 15) is 23.1 Å². The molecule has 0 amide bonds. The zero-order valence-electron chi connectivity index (χ0n) is 16.5. The molecule has 3 rings (SSSR count). The summed E-state index contributed by atoms with van der Waals surface area (Å²) in [4.78, 5) is 17.7. The monoisotopic (exact) mass is 428 g/mol. The SMILES string of the molecule is C[Si](C)(C)CCOCn1ncc(N2Cc3ccnc(O)c3C2)c(C(F)(F)F)c1=O. The van der Waals surface area contributed by atoms with Crippen LogP contribution >= 0.6 is 0 Å². The highest BCUT2D eigenvalue weighted by molar-refractivity contribution is 6.76. The first kappa shape index (κ1) is 21.3. The van der Waals surface area contributed by atoms with Crippen molar-refractivity contribution in [1.29, 1.82) is 0 Å². The van der Waals surface area contributed by atoms with Crippen LogP contribution in [0.15, 0.2) is 23.3 Å². The number of aromatic hydroxyl groups is 1. The van der Waals surface area contributed by atoms with E-state index in [-0.39, 0.29) is 31.4 Å². The molecule has 1 aliphatic rings. The molecule has 0 saturated carbocycles. The summed E-state index contributed by atoms with van der Waals surface area (Å²) >= 11 is 0. The number of hydrogen-bond donors (Lipinski definition) is 1. The van der Waals surface area contributed by atoms with Gasteiger partial charge in [0.2, 0.25) is 5.88 Å². The Kier molecular flexibility index (Phi) is 5.72. The van der Waals surface area contributed by atoms with Crippen LogP contribution in [-0.2, 0) is 30.7 Å². The van der Waals surface area contributed by atoms with Gasteiger partial charge in [0, 0.05) is 39.5 Å². The van der Waals surface area contributed by atoms with Gasteiger partial charge in [-0.15, -0.1) is 0 Å². The molecule has 11 heteroatoms. The van der Waals surface area contributed by atoms with Crippen molar-refractivity contribution < 1.29 is 23.0 Å². The number of ether oxygens (including phenoxy) is 1. The molecule has 29 heavy (non-hydrogen) atoms. The fraction of sp³-hybridized carbons (Fsp3) is 0.500. The van der Waals surface area contributed by atoms with Gasteiger partial charge < -0.3 is 14.7 Å². The van der Waals surface area contributed by atoms with Crippen LogP contribution in [0.25, 0.3) is 0 Å². The summed E-state index contributed by atoms with van der Waals surface area (Å²) in [5.74, 6) is -0.226. The van der Waals surface area contributed by atoms with Crippen molar-refractivity contribution in [1.82, 2.24) is 14.8 Å². The van der Waals surface area contributed by atoms with Crippen molar-refractivity contribution in [3.63, 3.8) is 0 Å². The molecule has 0 fully saturated rings. The van der Waals surface area contributed by atoms with Crippen molar-refractivity contribution in [2.45, 2.75) is 51.7 Å². The molecule has 2 aromatic rings. The van der Waals surface area contributed by atoms with Gasteiger partial charge in [-0.05, 0) is 17.7 Å². The predicted molar refractivity (Wildman–Crippen MR) is 103 cm³/mol. The topological polar surface area (TPSA) is 80.5 Å². The second kappa shape index (κ2) is 7.79. The Morgan fingerprint density at radius 2 is 2.00 bits per heavy atom. The molecule has 0 atom stereocenters. The maximum absolute atomic E-state index is 13.7. The number of halogens is 3. The maximum Gasteiger partial charge on any atom is 0.423 e. The average molecular weight is 428 g/mol. The van der Waals surface area contributed by atoms with Crippen molar-refractivity contribution >= 4 is 13.8 Å². The number of rotatable bonds is 6. The minimum atomic E-state index is -4.86. The molecule has 0 unspecified atom stereocenters. The lowest BCUT2D eigenvalue weighted by Gasteiger charge is -2.22. The van der Waals surface area contributed by atoms with E-state index in [0.29, 0.717) is 22.4 Å². The number of anilines is 1. The quantitative estimate of drug-likeness (QED) is 0.562. The van der Waals surface area contributed by atoms with Crippen molar-refractivity contribution in [3.8, 4) is 5.88 Å². The zero-order valence-corrected chi connectivity index (χ0v) is 17.5. The van der Waals surface area contributed by atoms with Crippen LogP contribution in [-0.4, -0.2) is 34.6 Å². The number of fused-ring (bicyclic) bond motifs is 1. The molecule has 3 heterocycles. The molecule has 2 aromatic heterocycles. The van der Waals surface area contributed by atoms with E-state index >= 15 is 0 Å². The molecule has 1 aliphatic heterocycles. The molecule has 0 saturated heterocycles. The Morgan fingerprint density at radius 1 is 1.28 bits per heavy atom. The van der Waals surface area contributed by atoms with Gasteiger partial charge in [-0.2, -0.15) is 18.3 Å². The van der Waals surface area contributed by atoms with Crippen LogP contribution < -0.4 is 10.5 Å². The van der Waals surface area contributed by atoms with Crippen LogP contribution in [0, 0.1) is 0 Å². The Labute approximate surface area is 166 Å². The minimum absolute atomic E-state index is 0.00985. The third kappa shape index (κ3) is 4.78. The van der Waals surface area contributed by atoms with Crippen LogP contribution in [0.3, 0.4) is 0 Å². The molecule has 1 N–H and O–H groups in total. The first-order chi connectivity index (χ1) is 13.5. The lowest BCUT2D eigenvalue weighted by Crippen LogP contribution is -2.34. The molecule has 0 aromatic carbocycles. The highest BCUT2D eigenvalue weighted by Crippen LogP contribution is 2.38. The van der Waals surface area contributed by atoms with E-state index in [1.54, 1.807) is 6.07 Å². The zero-order chi connectivity index (χ0) is 21.4. The summed E-state index contributed by atoms with van der Waals surface area (Å²) in [5.41, 5.74) is -1.76. The normalized spacial score (nSPS) is 14.3. The summed E-state index contributed by atoms with van der Waals surface area (Å²) in [7, 11) is -1.36. The molecule has 0 radical (unpaired) electrons. The molecule has 0 bridgehead atoms. The van der Waals surface area contributed by atoms with Gasteiger partial charge in [0.15, 0.2) is 0 Å². The maximum atomic E-state index is 13.7. The highest BCUT2D eigenvalue weighted by atomic mass is 28.3. The average Bonchev–Trinajstić information content (AvgIpc) is 3.03. The summed E-state index contributed by atoms with van der Waals surface area (Å²) in [6.45, 7) is 6.61. The first-order valence-electron chi connectivity index (χ1n) is 9.13. The predicted octanol–water partition coefficient (Wildman–Crippen LogP) is 3.20. The van der Waals surface area contributed by atoms with Crippen LogP contribution in [0.2, 0.25) is 25.7 Å². The largest absolute Gasteiger partial charge is 0.493 e. The van der Waals surface area contributed by atoms with Gasteiger partial charge in [-0.25, -0.2) is 9.67 Å². The molecule has 158 valence electrons. The van der Waals surface area contributed by atoms with Crippen molar-refractivity contribution in [2.75, 3.05) is 11.5 Å². The van der Waals surface area contributed by atoms with Crippen molar-refractivity contribution in [2.24, 2.45) is 0 Å². The number of aromatic nitrogens is 3. The Hall–Kier alpha value is -2.40. The molecular weight excluding hydrogens is 405 g/mol. The van der Waals surface area contributed by atoms with Gasteiger partial charge in [-0.3, -0.25) is 4.79 Å². The Morgan fingerprint density at radius 3 is 2.62 bits per heavy atom. The number of pyridine rings is 1. The molecule has 0 spiro atoms. The van der Waals surface area contributed by atoms with E-state index in [4.69, 9.17) is 4.74 Å². The van der Waals surface area contributed by atoms with E-state index in [1.807, 2.05) is 0 Å². The Bertz CT molecular complexity index is 957. The number of alkyl halides is 3. The molecular formula is C18H23F3N4O3Si. The molecule has 7 nitrogen and oxygen atoms in total. The third-order valence-corrected chi connectivity index (χ3v) is 6.40. The lowest BCUT2D eigenvalue weighted by atomic mass is 10.2. The van der Waals surface area contributed by atoms with Gasteiger partial charge in [0.05, 0.1) is 11.9 Å². The minimum Gasteiger partial charge on any atom is -0.493 e. The number of nitrogens with zero attached hydrogens (tertiary/aromatic N) is 4. The second-order valence-electron chi connectivity index (χ2n) is 8.18. The second-order valence-corrected chi connectivity index (χ2v) is 13.8. The summed E-state index contributed by atoms with van der Waals surface area (Å²) in [6.07, 6.45) is -2.44. The summed E-state index contributed by atoms with van der Waals surface area (Å²) < 4.78 is 47.3. The lowest BCUT2D eigenvalue weighted by molar-refractivity contribution is -0.138. The van der Waals surface area contributed by atoms with Crippen molar-refractivity contribution in [3.05, 3.63) is 45.5 Å². The van der Waals surface area contributed by atoms with E-state index < -0.39 is 25.4 Å². The fourth-order valence-corrected chi connectivity index (χ4v) is 3.83. The third-order valence-electron chi connectivity index (χ3n) is 4.70. The van der Waals surface area contributed by atoms with Gasteiger partial charge in [0.25, 0.3) is 5.56 Å². The highest BCUT2D eigenvalue weighted by Gasteiger charge is 2.40. The van der Waals surface area contributed by atoms with E-state index in [0.717, 1.165) is 12.2 Å². The van der Waals surface area contributed by atoms with Crippen LogP contribution in [0.4, 0.5) is 18.9 Å². The van der Waals surface area contributed by atoms with Crippen LogP contribution in [0.1, 0.15) is 16.7 Å². The van der Waals surface area contributed by atoms with E-state index in [2.05, 4.69) is 29.7 Å².